The van der Waals surface area contributed by atoms with Gasteiger partial charge in [0.05, 0.1) is 0 Å². The monoisotopic (exact) mass is 294 g/mol. The fourth-order valence-corrected chi connectivity index (χ4v) is 2.09. The zero-order valence-corrected chi connectivity index (χ0v) is 10.8. The van der Waals surface area contributed by atoms with E-state index in [1.54, 1.807) is 0 Å². The van der Waals surface area contributed by atoms with Gasteiger partial charge >= 0.3 is 5.97 Å². The summed E-state index contributed by atoms with van der Waals surface area (Å²) in [7, 11) is 1.49. The van der Waals surface area contributed by atoms with E-state index in [4.69, 9.17) is 5.11 Å². The number of carboxylic acids is 1. The van der Waals surface area contributed by atoms with E-state index in [-0.39, 0.29) is 5.71 Å². The highest BCUT2D eigenvalue weighted by Gasteiger charge is 2.12. The molecule has 0 atom stereocenters. The predicted octanol–water partition coefficient (Wildman–Crippen LogP) is 2.63. The highest BCUT2D eigenvalue weighted by molar-refractivity contribution is 9.10. The molecular formula is C12H11BrN2O2. The van der Waals surface area contributed by atoms with Gasteiger partial charge in [0.25, 0.3) is 0 Å². The molecule has 0 aliphatic heterocycles. The molecule has 0 saturated carbocycles. The van der Waals surface area contributed by atoms with Crippen molar-refractivity contribution in [1.29, 1.82) is 0 Å². The zero-order valence-electron chi connectivity index (χ0n) is 9.20. The molecule has 17 heavy (non-hydrogen) atoms. The molecule has 2 aromatic rings. The molecule has 0 saturated heterocycles. The topological polar surface area (TPSA) is 65.5 Å². The van der Waals surface area contributed by atoms with Gasteiger partial charge in [-0.25, -0.2) is 4.79 Å². The van der Waals surface area contributed by atoms with Gasteiger partial charge in [0.15, 0.2) is 0 Å². The summed E-state index contributed by atoms with van der Waals surface area (Å²) in [5.41, 5.74) is 2.08. The number of carboxylic acid groups (broad SMARTS) is 1. The van der Waals surface area contributed by atoms with E-state index in [1.165, 1.54) is 7.05 Å². The lowest BCUT2D eigenvalue weighted by Crippen LogP contribution is -2.15. The van der Waals surface area contributed by atoms with E-state index in [9.17, 15) is 4.79 Å². The largest absolute Gasteiger partial charge is 0.477 e. The Kier molecular flexibility index (Phi) is 3.28. The highest BCUT2D eigenvalue weighted by Crippen LogP contribution is 2.23. The number of fused-ring (bicyclic) bond motifs is 1. The fourth-order valence-electron chi connectivity index (χ4n) is 1.73. The van der Waals surface area contributed by atoms with Gasteiger partial charge in [-0.15, -0.1) is 0 Å². The van der Waals surface area contributed by atoms with Crippen molar-refractivity contribution in [3.63, 3.8) is 0 Å². The smallest absolute Gasteiger partial charge is 0.350 e. The number of carbonyl (C=O) groups is 1. The van der Waals surface area contributed by atoms with Crippen molar-refractivity contribution in [2.75, 3.05) is 7.05 Å². The Hall–Kier alpha value is -1.62. The Balaban J connectivity index is 2.43. The standard InChI is InChI=1S/C12H11BrN2O2/c1-14-11(12(16)17)4-7-6-15-10-3-2-8(13)5-9(7)10/h2-3,5-6,15H,4H2,1H3,(H,16,17)/b14-11+. The number of rotatable bonds is 3. The van der Waals surface area contributed by atoms with E-state index < -0.39 is 5.97 Å². The molecule has 1 aromatic carbocycles. The van der Waals surface area contributed by atoms with Crippen molar-refractivity contribution in [2.24, 2.45) is 4.99 Å². The van der Waals surface area contributed by atoms with Crippen molar-refractivity contribution in [3.8, 4) is 0 Å². The molecule has 5 heteroatoms. The Bertz CT molecular complexity index is 602. The fraction of sp³-hybridized carbons (Fsp3) is 0.167. The molecule has 0 fully saturated rings. The molecule has 2 N–H and O–H groups in total. The normalized spacial score (nSPS) is 12.0. The molecule has 1 aromatic heterocycles. The first kappa shape index (κ1) is 11.9. The van der Waals surface area contributed by atoms with Crippen LogP contribution in [-0.4, -0.2) is 28.8 Å². The lowest BCUT2D eigenvalue weighted by atomic mass is 10.1. The summed E-state index contributed by atoms with van der Waals surface area (Å²) in [6.45, 7) is 0. The van der Waals surface area contributed by atoms with Gasteiger partial charge in [0.2, 0.25) is 0 Å². The third-order valence-corrected chi connectivity index (χ3v) is 3.10. The maximum atomic E-state index is 10.9. The minimum Gasteiger partial charge on any atom is -0.477 e. The molecule has 2 rings (SSSR count). The van der Waals surface area contributed by atoms with Crippen LogP contribution in [0.3, 0.4) is 0 Å². The van der Waals surface area contributed by atoms with Gasteiger partial charge < -0.3 is 10.1 Å². The second kappa shape index (κ2) is 4.71. The zero-order chi connectivity index (χ0) is 12.4. The summed E-state index contributed by atoms with van der Waals surface area (Å²) in [4.78, 5) is 17.8. The van der Waals surface area contributed by atoms with Crippen LogP contribution in [0.2, 0.25) is 0 Å². The number of halogens is 1. The first-order chi connectivity index (χ1) is 8.11. The summed E-state index contributed by atoms with van der Waals surface area (Å²) in [5.74, 6) is -0.975. The summed E-state index contributed by atoms with van der Waals surface area (Å²) in [5, 5.41) is 9.96. The van der Waals surface area contributed by atoms with E-state index in [0.717, 1.165) is 20.9 Å². The third-order valence-electron chi connectivity index (χ3n) is 2.60. The molecule has 1 heterocycles. The molecule has 0 bridgehead atoms. The molecule has 0 aliphatic carbocycles. The predicted molar refractivity (Wildman–Crippen MR) is 70.7 cm³/mol. The number of hydrogen-bond acceptors (Lipinski definition) is 2. The second-order valence-electron chi connectivity index (χ2n) is 3.66. The number of aromatic amines is 1. The lowest BCUT2D eigenvalue weighted by molar-refractivity contribution is -0.129. The van der Waals surface area contributed by atoms with Crippen LogP contribution in [-0.2, 0) is 11.2 Å². The number of nitrogens with zero attached hydrogens (tertiary/aromatic N) is 1. The molecular weight excluding hydrogens is 284 g/mol. The average Bonchev–Trinajstić information content (AvgIpc) is 2.68. The Morgan fingerprint density at radius 2 is 2.29 bits per heavy atom. The van der Waals surface area contributed by atoms with Crippen molar-refractivity contribution in [3.05, 3.63) is 34.4 Å². The number of nitrogens with one attached hydrogen (secondary N) is 1. The van der Waals surface area contributed by atoms with Crippen molar-refractivity contribution >= 4 is 38.5 Å². The summed E-state index contributed by atoms with van der Waals surface area (Å²) < 4.78 is 0.969. The molecule has 0 radical (unpaired) electrons. The van der Waals surface area contributed by atoms with Gasteiger partial charge in [0, 0.05) is 35.0 Å². The lowest BCUT2D eigenvalue weighted by Gasteiger charge is -2.00. The minimum absolute atomic E-state index is 0.158. The number of aromatic nitrogens is 1. The van der Waals surface area contributed by atoms with Crippen molar-refractivity contribution < 1.29 is 9.90 Å². The Labute approximate surface area is 107 Å². The van der Waals surface area contributed by atoms with Gasteiger partial charge in [0.1, 0.15) is 5.71 Å². The van der Waals surface area contributed by atoms with Crippen LogP contribution in [0.4, 0.5) is 0 Å². The van der Waals surface area contributed by atoms with Crippen LogP contribution < -0.4 is 0 Å². The first-order valence-electron chi connectivity index (χ1n) is 5.06. The Morgan fingerprint density at radius 3 is 2.94 bits per heavy atom. The summed E-state index contributed by atoms with van der Waals surface area (Å²) >= 11 is 3.40. The first-order valence-corrected chi connectivity index (χ1v) is 5.85. The number of aliphatic carboxylic acids is 1. The van der Waals surface area contributed by atoms with E-state index in [0.29, 0.717) is 6.42 Å². The molecule has 0 spiro atoms. The summed E-state index contributed by atoms with van der Waals surface area (Å²) in [6.07, 6.45) is 2.15. The van der Waals surface area contributed by atoms with Crippen LogP contribution in [0.25, 0.3) is 10.9 Å². The van der Waals surface area contributed by atoms with Crippen LogP contribution in [0.5, 0.6) is 0 Å². The number of hydrogen-bond donors (Lipinski definition) is 2. The Morgan fingerprint density at radius 1 is 1.53 bits per heavy atom. The molecule has 0 unspecified atom stereocenters. The maximum absolute atomic E-state index is 10.9. The number of aliphatic imine (C=N–C) groups is 1. The second-order valence-corrected chi connectivity index (χ2v) is 4.57. The highest BCUT2D eigenvalue weighted by atomic mass is 79.9. The van der Waals surface area contributed by atoms with Gasteiger partial charge in [-0.05, 0) is 23.8 Å². The minimum atomic E-state index is -0.975. The van der Waals surface area contributed by atoms with Gasteiger partial charge in [-0.1, -0.05) is 15.9 Å². The van der Waals surface area contributed by atoms with Crippen molar-refractivity contribution in [1.82, 2.24) is 4.98 Å². The van der Waals surface area contributed by atoms with E-state index in [2.05, 4.69) is 25.9 Å². The maximum Gasteiger partial charge on any atom is 0.350 e. The average molecular weight is 295 g/mol. The van der Waals surface area contributed by atoms with Crippen molar-refractivity contribution in [2.45, 2.75) is 6.42 Å². The van der Waals surface area contributed by atoms with Crippen LogP contribution in [0, 0.1) is 0 Å². The number of benzene rings is 1. The summed E-state index contributed by atoms with van der Waals surface area (Å²) in [6, 6.07) is 5.86. The van der Waals surface area contributed by atoms with Gasteiger partial charge in [-0.3, -0.25) is 4.99 Å². The molecule has 0 amide bonds. The van der Waals surface area contributed by atoms with Crippen LogP contribution >= 0.6 is 15.9 Å². The van der Waals surface area contributed by atoms with Crippen LogP contribution in [0.1, 0.15) is 5.56 Å². The molecule has 0 aliphatic rings. The molecule has 88 valence electrons. The van der Waals surface area contributed by atoms with E-state index in [1.807, 2.05) is 24.4 Å². The molecule has 4 nitrogen and oxygen atoms in total. The number of H-pyrrole nitrogens is 1. The van der Waals surface area contributed by atoms with Crippen LogP contribution in [0.15, 0.2) is 33.9 Å². The SMILES string of the molecule is C/N=C(\Cc1c[nH]c2ccc(Br)cc12)C(=O)O. The quantitative estimate of drug-likeness (QED) is 0.855. The third kappa shape index (κ3) is 2.39. The van der Waals surface area contributed by atoms with Gasteiger partial charge in [-0.2, -0.15) is 0 Å². The van der Waals surface area contributed by atoms with E-state index >= 15 is 0 Å².